The monoisotopic (exact) mass is 346 g/mol. The largest absolute Gasteiger partial charge is 0.497 e. The highest BCUT2D eigenvalue weighted by Gasteiger charge is 2.13. The van der Waals surface area contributed by atoms with Crippen LogP contribution in [-0.2, 0) is 9.59 Å². The molecule has 0 unspecified atom stereocenters. The summed E-state index contributed by atoms with van der Waals surface area (Å²) in [5.74, 6) is -0.217. The summed E-state index contributed by atoms with van der Waals surface area (Å²) in [6.45, 7) is 3.77. The molecule has 6 heteroatoms. The molecular weight excluding hydrogens is 328 g/mol. The topological polar surface area (TPSA) is 67.4 Å². The van der Waals surface area contributed by atoms with E-state index in [2.05, 4.69) is 10.6 Å². The molecule has 0 spiro atoms. The Hall–Kier alpha value is -2.53. The van der Waals surface area contributed by atoms with Crippen LogP contribution >= 0.6 is 11.6 Å². The van der Waals surface area contributed by atoms with E-state index in [1.165, 1.54) is 0 Å². The van der Waals surface area contributed by atoms with Crippen LogP contribution in [0.1, 0.15) is 17.5 Å². The molecule has 0 radical (unpaired) electrons. The molecule has 126 valence electrons. The molecule has 2 rings (SSSR count). The van der Waals surface area contributed by atoms with Crippen molar-refractivity contribution in [2.45, 2.75) is 20.3 Å². The molecule has 2 N–H and O–H groups in total. The Labute approximate surface area is 146 Å². The van der Waals surface area contributed by atoms with Crippen LogP contribution in [0.3, 0.4) is 0 Å². The normalized spacial score (nSPS) is 10.2. The number of hydrogen-bond acceptors (Lipinski definition) is 3. The smallest absolute Gasteiger partial charge is 0.233 e. The number of amides is 2. The molecule has 0 aromatic heterocycles. The lowest BCUT2D eigenvalue weighted by atomic mass is 10.1. The second-order valence-electron chi connectivity index (χ2n) is 5.44. The lowest BCUT2D eigenvalue weighted by molar-refractivity contribution is -0.123. The van der Waals surface area contributed by atoms with Crippen molar-refractivity contribution in [1.82, 2.24) is 0 Å². The summed E-state index contributed by atoms with van der Waals surface area (Å²) in [6.07, 6.45) is -0.305. The quantitative estimate of drug-likeness (QED) is 0.806. The number of nitrogens with one attached hydrogen (secondary N) is 2. The molecule has 2 amide bonds. The first-order valence-corrected chi connectivity index (χ1v) is 7.77. The van der Waals surface area contributed by atoms with Crippen LogP contribution < -0.4 is 15.4 Å². The second kappa shape index (κ2) is 7.84. The highest BCUT2D eigenvalue weighted by Crippen LogP contribution is 2.27. The van der Waals surface area contributed by atoms with Gasteiger partial charge in [0.05, 0.1) is 17.8 Å². The number of hydrogen-bond donors (Lipinski definition) is 2. The van der Waals surface area contributed by atoms with Gasteiger partial charge in [-0.15, -0.1) is 0 Å². The zero-order chi connectivity index (χ0) is 17.7. The third kappa shape index (κ3) is 4.73. The lowest BCUT2D eigenvalue weighted by Crippen LogP contribution is -2.22. The fraction of sp³-hybridized carbons (Fsp3) is 0.222. The van der Waals surface area contributed by atoms with Crippen LogP contribution in [0.25, 0.3) is 0 Å². The van der Waals surface area contributed by atoms with Crippen LogP contribution in [0.4, 0.5) is 11.4 Å². The standard InChI is InChI=1S/C18H19ClN2O3/c1-11-7-12(2)18(15(19)8-11)21-17(23)10-16(22)20-13-5-4-6-14(9-13)24-3/h4-9H,10H2,1-3H3,(H,20,22)(H,21,23). The first-order chi connectivity index (χ1) is 11.4. The number of anilines is 2. The van der Waals surface area contributed by atoms with Crippen molar-refractivity contribution < 1.29 is 14.3 Å². The van der Waals surface area contributed by atoms with Gasteiger partial charge in [0.2, 0.25) is 11.8 Å². The molecular formula is C18H19ClN2O3. The summed E-state index contributed by atoms with van der Waals surface area (Å²) in [7, 11) is 1.54. The van der Waals surface area contributed by atoms with Gasteiger partial charge in [0.1, 0.15) is 12.2 Å². The SMILES string of the molecule is COc1cccc(NC(=O)CC(=O)Nc2c(C)cc(C)cc2Cl)c1. The van der Waals surface area contributed by atoms with Gasteiger partial charge in [-0.25, -0.2) is 0 Å². The molecule has 0 bridgehead atoms. The van der Waals surface area contributed by atoms with E-state index in [0.29, 0.717) is 22.1 Å². The van der Waals surface area contributed by atoms with E-state index >= 15 is 0 Å². The number of ether oxygens (including phenoxy) is 1. The summed E-state index contributed by atoms with van der Waals surface area (Å²) in [6, 6.07) is 10.6. The Kier molecular flexibility index (Phi) is 5.82. The van der Waals surface area contributed by atoms with E-state index in [-0.39, 0.29) is 6.42 Å². The van der Waals surface area contributed by atoms with Gasteiger partial charge in [-0.05, 0) is 43.2 Å². The number of carbonyl (C=O) groups excluding carboxylic acids is 2. The van der Waals surface area contributed by atoms with Crippen LogP contribution in [0.5, 0.6) is 5.75 Å². The van der Waals surface area contributed by atoms with E-state index in [1.54, 1.807) is 37.4 Å². The molecule has 0 heterocycles. The van der Waals surface area contributed by atoms with Gasteiger partial charge in [0, 0.05) is 11.8 Å². The molecule has 2 aromatic rings. The summed E-state index contributed by atoms with van der Waals surface area (Å²) in [5.41, 5.74) is 2.95. The summed E-state index contributed by atoms with van der Waals surface area (Å²) in [4.78, 5) is 24.1. The van der Waals surface area contributed by atoms with Crippen molar-refractivity contribution >= 4 is 34.8 Å². The average Bonchev–Trinajstić information content (AvgIpc) is 2.50. The number of rotatable bonds is 5. The summed E-state index contributed by atoms with van der Waals surface area (Å²) < 4.78 is 5.09. The number of aryl methyl sites for hydroxylation is 2. The summed E-state index contributed by atoms with van der Waals surface area (Å²) in [5, 5.41) is 5.80. The Bertz CT molecular complexity index is 752. The molecule has 0 aliphatic carbocycles. The zero-order valence-corrected chi connectivity index (χ0v) is 14.5. The maximum atomic E-state index is 12.1. The van der Waals surface area contributed by atoms with Crippen molar-refractivity contribution in [1.29, 1.82) is 0 Å². The zero-order valence-electron chi connectivity index (χ0n) is 13.8. The minimum atomic E-state index is -0.427. The molecule has 5 nitrogen and oxygen atoms in total. The number of carbonyl (C=O) groups is 2. The molecule has 0 aliphatic rings. The Morgan fingerprint density at radius 2 is 1.79 bits per heavy atom. The highest BCUT2D eigenvalue weighted by atomic mass is 35.5. The molecule has 0 fully saturated rings. The van der Waals surface area contributed by atoms with Crippen molar-refractivity contribution in [3.8, 4) is 5.75 Å². The van der Waals surface area contributed by atoms with Gasteiger partial charge in [-0.2, -0.15) is 0 Å². The Balaban J connectivity index is 1.98. The van der Waals surface area contributed by atoms with Gasteiger partial charge >= 0.3 is 0 Å². The first kappa shape index (κ1) is 17.8. The van der Waals surface area contributed by atoms with E-state index in [0.717, 1.165) is 11.1 Å². The van der Waals surface area contributed by atoms with E-state index in [1.807, 2.05) is 19.9 Å². The second-order valence-corrected chi connectivity index (χ2v) is 5.85. The van der Waals surface area contributed by atoms with Gasteiger partial charge in [0.25, 0.3) is 0 Å². The maximum absolute atomic E-state index is 12.1. The third-order valence-electron chi connectivity index (χ3n) is 3.37. The van der Waals surface area contributed by atoms with Crippen LogP contribution in [0.2, 0.25) is 5.02 Å². The minimum Gasteiger partial charge on any atom is -0.497 e. The Morgan fingerprint density at radius 3 is 2.46 bits per heavy atom. The van der Waals surface area contributed by atoms with Crippen LogP contribution in [0, 0.1) is 13.8 Å². The average molecular weight is 347 g/mol. The first-order valence-electron chi connectivity index (χ1n) is 7.39. The van der Waals surface area contributed by atoms with Gasteiger partial charge in [-0.3, -0.25) is 9.59 Å². The maximum Gasteiger partial charge on any atom is 0.233 e. The Morgan fingerprint density at radius 1 is 1.08 bits per heavy atom. The molecule has 0 saturated carbocycles. The van der Waals surface area contributed by atoms with Crippen molar-refractivity contribution in [3.63, 3.8) is 0 Å². The molecule has 2 aromatic carbocycles. The fourth-order valence-electron chi connectivity index (χ4n) is 2.31. The predicted octanol–water partition coefficient (Wildman–Crippen LogP) is 3.93. The lowest BCUT2D eigenvalue weighted by Gasteiger charge is -2.12. The van der Waals surface area contributed by atoms with E-state index in [4.69, 9.17) is 16.3 Å². The van der Waals surface area contributed by atoms with Gasteiger partial charge in [0.15, 0.2) is 0 Å². The number of benzene rings is 2. The van der Waals surface area contributed by atoms with Crippen molar-refractivity contribution in [2.75, 3.05) is 17.7 Å². The van der Waals surface area contributed by atoms with Gasteiger partial charge in [-0.1, -0.05) is 23.7 Å². The minimum absolute atomic E-state index is 0.305. The molecule has 24 heavy (non-hydrogen) atoms. The van der Waals surface area contributed by atoms with Crippen molar-refractivity contribution in [3.05, 3.63) is 52.5 Å². The number of methoxy groups -OCH3 is 1. The van der Waals surface area contributed by atoms with E-state index < -0.39 is 11.8 Å². The third-order valence-corrected chi connectivity index (χ3v) is 3.67. The summed E-state index contributed by atoms with van der Waals surface area (Å²) >= 11 is 6.15. The predicted molar refractivity (Wildman–Crippen MR) is 95.8 cm³/mol. The highest BCUT2D eigenvalue weighted by molar-refractivity contribution is 6.34. The molecule has 0 aliphatic heterocycles. The van der Waals surface area contributed by atoms with Gasteiger partial charge < -0.3 is 15.4 Å². The van der Waals surface area contributed by atoms with Crippen LogP contribution in [-0.4, -0.2) is 18.9 Å². The van der Waals surface area contributed by atoms with Crippen LogP contribution in [0.15, 0.2) is 36.4 Å². The molecule has 0 atom stereocenters. The number of halogens is 1. The van der Waals surface area contributed by atoms with E-state index in [9.17, 15) is 9.59 Å². The molecule has 0 saturated heterocycles. The fourth-order valence-corrected chi connectivity index (χ4v) is 2.68. The van der Waals surface area contributed by atoms with Crippen molar-refractivity contribution in [2.24, 2.45) is 0 Å².